The summed E-state index contributed by atoms with van der Waals surface area (Å²) in [5, 5.41) is 0. The Morgan fingerprint density at radius 3 is 2.22 bits per heavy atom. The second-order valence-corrected chi connectivity index (χ2v) is 5.45. The van der Waals surface area contributed by atoms with Gasteiger partial charge in [0, 0.05) is 6.42 Å². The average molecular weight is 256 g/mol. The van der Waals surface area contributed by atoms with Crippen molar-refractivity contribution in [3.63, 3.8) is 0 Å². The molecule has 108 valence electrons. The molecule has 0 amide bonds. The van der Waals surface area contributed by atoms with Crippen molar-refractivity contribution < 1.29 is 9.53 Å². The van der Waals surface area contributed by atoms with E-state index in [4.69, 9.17) is 4.74 Å². The van der Waals surface area contributed by atoms with E-state index in [-0.39, 0.29) is 5.97 Å². The van der Waals surface area contributed by atoms with E-state index in [2.05, 4.69) is 27.7 Å². The minimum absolute atomic E-state index is 0.00625. The average Bonchev–Trinajstić information content (AvgIpc) is 2.35. The molecule has 0 fully saturated rings. The molecule has 0 radical (unpaired) electrons. The van der Waals surface area contributed by atoms with Crippen molar-refractivity contribution in [2.75, 3.05) is 6.61 Å². The molecule has 0 rings (SSSR count). The van der Waals surface area contributed by atoms with Crippen LogP contribution in [-0.2, 0) is 9.53 Å². The first-order chi connectivity index (χ1) is 8.65. The van der Waals surface area contributed by atoms with Crippen molar-refractivity contribution in [2.24, 2.45) is 11.8 Å². The molecule has 0 aliphatic heterocycles. The van der Waals surface area contributed by atoms with Gasteiger partial charge < -0.3 is 4.74 Å². The van der Waals surface area contributed by atoms with Crippen LogP contribution < -0.4 is 0 Å². The molecule has 0 aromatic heterocycles. The van der Waals surface area contributed by atoms with E-state index in [0.717, 1.165) is 19.3 Å². The Bertz CT molecular complexity index is 201. The molecule has 0 spiro atoms. The van der Waals surface area contributed by atoms with E-state index < -0.39 is 0 Å². The number of carbonyl (C=O) groups is 1. The predicted molar refractivity (Wildman–Crippen MR) is 77.6 cm³/mol. The van der Waals surface area contributed by atoms with Gasteiger partial charge in [0.1, 0.15) is 0 Å². The van der Waals surface area contributed by atoms with Gasteiger partial charge in [0.15, 0.2) is 0 Å². The smallest absolute Gasteiger partial charge is 0.305 e. The molecule has 0 aromatic rings. The van der Waals surface area contributed by atoms with Crippen LogP contribution in [0.2, 0.25) is 0 Å². The molecule has 2 unspecified atom stereocenters. The van der Waals surface area contributed by atoms with Gasteiger partial charge in [0.2, 0.25) is 0 Å². The van der Waals surface area contributed by atoms with E-state index >= 15 is 0 Å². The molecule has 0 aromatic carbocycles. The predicted octanol–water partition coefficient (Wildman–Crippen LogP) is 4.96. The third-order valence-electron chi connectivity index (χ3n) is 3.65. The summed E-state index contributed by atoms with van der Waals surface area (Å²) in [4.78, 5) is 11.6. The van der Waals surface area contributed by atoms with Gasteiger partial charge >= 0.3 is 5.97 Å². The van der Waals surface area contributed by atoms with Crippen molar-refractivity contribution in [1.29, 1.82) is 0 Å². The fraction of sp³-hybridized carbons (Fsp3) is 0.938. The maximum Gasteiger partial charge on any atom is 0.305 e. The van der Waals surface area contributed by atoms with Crippen LogP contribution in [0, 0.1) is 11.8 Å². The third-order valence-corrected chi connectivity index (χ3v) is 3.65. The lowest BCUT2D eigenvalue weighted by molar-refractivity contribution is -0.145. The normalized spacial score (nSPS) is 14.2. The molecule has 18 heavy (non-hydrogen) atoms. The molecular weight excluding hydrogens is 224 g/mol. The van der Waals surface area contributed by atoms with Crippen LogP contribution in [0.5, 0.6) is 0 Å². The molecule has 0 aliphatic rings. The van der Waals surface area contributed by atoms with Crippen molar-refractivity contribution in [1.82, 2.24) is 0 Å². The molecule has 0 bridgehead atoms. The molecule has 0 saturated heterocycles. The SMILES string of the molecule is CCCCCC(=O)OCC(CCC)C(C)CCC. The standard InChI is InChI=1S/C16H32O2/c1-5-8-9-12-16(17)18-13-15(11-7-3)14(4)10-6-2/h14-15H,5-13H2,1-4H3. The summed E-state index contributed by atoms with van der Waals surface area (Å²) in [6, 6.07) is 0. The maximum atomic E-state index is 11.6. The summed E-state index contributed by atoms with van der Waals surface area (Å²) in [5.41, 5.74) is 0. The Kier molecular flexibility index (Phi) is 11.2. The fourth-order valence-electron chi connectivity index (χ4n) is 2.39. The highest BCUT2D eigenvalue weighted by molar-refractivity contribution is 5.69. The molecule has 0 aliphatic carbocycles. The van der Waals surface area contributed by atoms with Gasteiger partial charge in [-0.3, -0.25) is 4.79 Å². The first-order valence-electron chi connectivity index (χ1n) is 7.81. The van der Waals surface area contributed by atoms with Gasteiger partial charge in [-0.05, 0) is 24.7 Å². The quantitative estimate of drug-likeness (QED) is 0.385. The zero-order chi connectivity index (χ0) is 13.8. The van der Waals surface area contributed by atoms with Gasteiger partial charge in [-0.25, -0.2) is 0 Å². The van der Waals surface area contributed by atoms with E-state index in [9.17, 15) is 4.79 Å². The lowest BCUT2D eigenvalue weighted by Crippen LogP contribution is -2.20. The summed E-state index contributed by atoms with van der Waals surface area (Å²) in [6.45, 7) is 9.48. The lowest BCUT2D eigenvalue weighted by atomic mass is 9.87. The highest BCUT2D eigenvalue weighted by Crippen LogP contribution is 2.22. The largest absolute Gasteiger partial charge is 0.465 e. The Labute approximate surface area is 113 Å². The van der Waals surface area contributed by atoms with E-state index in [1.54, 1.807) is 0 Å². The molecule has 0 N–H and O–H groups in total. The third kappa shape index (κ3) is 8.54. The van der Waals surface area contributed by atoms with Crippen LogP contribution in [0.15, 0.2) is 0 Å². The van der Waals surface area contributed by atoms with Crippen molar-refractivity contribution in [3.8, 4) is 0 Å². The second kappa shape index (κ2) is 11.6. The summed E-state index contributed by atoms with van der Waals surface area (Å²) in [6.07, 6.45) is 8.63. The number of ether oxygens (including phenoxy) is 1. The number of unbranched alkanes of at least 4 members (excludes halogenated alkanes) is 2. The van der Waals surface area contributed by atoms with E-state index in [1.165, 1.54) is 25.7 Å². The van der Waals surface area contributed by atoms with Crippen LogP contribution in [-0.4, -0.2) is 12.6 Å². The van der Waals surface area contributed by atoms with Gasteiger partial charge in [-0.1, -0.05) is 59.8 Å². The first-order valence-corrected chi connectivity index (χ1v) is 7.81. The minimum Gasteiger partial charge on any atom is -0.465 e. The zero-order valence-corrected chi connectivity index (χ0v) is 12.8. The van der Waals surface area contributed by atoms with E-state index in [1.807, 2.05) is 0 Å². The van der Waals surface area contributed by atoms with Gasteiger partial charge in [-0.15, -0.1) is 0 Å². The number of carbonyl (C=O) groups excluding carboxylic acids is 1. The molecule has 0 heterocycles. The van der Waals surface area contributed by atoms with Gasteiger partial charge in [0.05, 0.1) is 6.61 Å². The van der Waals surface area contributed by atoms with Crippen LogP contribution >= 0.6 is 0 Å². The topological polar surface area (TPSA) is 26.3 Å². The highest BCUT2D eigenvalue weighted by atomic mass is 16.5. The Hall–Kier alpha value is -0.530. The highest BCUT2D eigenvalue weighted by Gasteiger charge is 2.17. The van der Waals surface area contributed by atoms with Crippen LogP contribution in [0.25, 0.3) is 0 Å². The van der Waals surface area contributed by atoms with Crippen molar-refractivity contribution in [3.05, 3.63) is 0 Å². The molecule has 2 nitrogen and oxygen atoms in total. The Morgan fingerprint density at radius 2 is 1.67 bits per heavy atom. The molecule has 0 saturated carbocycles. The molecule has 2 heteroatoms. The van der Waals surface area contributed by atoms with E-state index in [0.29, 0.717) is 24.9 Å². The summed E-state index contributed by atoms with van der Waals surface area (Å²) < 4.78 is 5.43. The lowest BCUT2D eigenvalue weighted by Gasteiger charge is -2.23. The fourth-order valence-corrected chi connectivity index (χ4v) is 2.39. The maximum absolute atomic E-state index is 11.6. The number of esters is 1. The van der Waals surface area contributed by atoms with Gasteiger partial charge in [0.25, 0.3) is 0 Å². The monoisotopic (exact) mass is 256 g/mol. The van der Waals surface area contributed by atoms with Gasteiger partial charge in [-0.2, -0.15) is 0 Å². The number of rotatable bonds is 11. The Balaban J connectivity index is 3.90. The van der Waals surface area contributed by atoms with Crippen molar-refractivity contribution >= 4 is 5.97 Å². The number of hydrogen-bond acceptors (Lipinski definition) is 2. The first kappa shape index (κ1) is 17.5. The summed E-state index contributed by atoms with van der Waals surface area (Å²) >= 11 is 0. The van der Waals surface area contributed by atoms with Crippen LogP contribution in [0.4, 0.5) is 0 Å². The molecule has 2 atom stereocenters. The number of hydrogen-bond donors (Lipinski definition) is 0. The van der Waals surface area contributed by atoms with Crippen LogP contribution in [0.1, 0.15) is 79.1 Å². The summed E-state index contributed by atoms with van der Waals surface area (Å²) in [5.74, 6) is 1.21. The second-order valence-electron chi connectivity index (χ2n) is 5.45. The minimum atomic E-state index is -0.00625. The molecular formula is C16H32O2. The van der Waals surface area contributed by atoms with Crippen LogP contribution in [0.3, 0.4) is 0 Å². The summed E-state index contributed by atoms with van der Waals surface area (Å²) in [7, 11) is 0. The zero-order valence-electron chi connectivity index (χ0n) is 12.8. The van der Waals surface area contributed by atoms with Crippen molar-refractivity contribution in [2.45, 2.75) is 79.1 Å². The Morgan fingerprint density at radius 1 is 1.00 bits per heavy atom.